The number of benzene rings is 1. The Bertz CT molecular complexity index is 851. The minimum absolute atomic E-state index is 0.0490. The molecule has 1 saturated carbocycles. The van der Waals surface area contributed by atoms with Gasteiger partial charge >= 0.3 is 0 Å². The summed E-state index contributed by atoms with van der Waals surface area (Å²) in [6.07, 6.45) is 7.49. The number of hydrazone groups is 1. The third kappa shape index (κ3) is 3.05. The molecule has 6 nitrogen and oxygen atoms in total. The predicted molar refractivity (Wildman–Crippen MR) is 108 cm³/mol. The maximum atomic E-state index is 12.7. The van der Waals surface area contributed by atoms with E-state index in [1.165, 1.54) is 6.21 Å². The highest BCUT2D eigenvalue weighted by Crippen LogP contribution is 2.52. The fraction of sp³-hybridized carbons (Fsp3) is 0.476. The van der Waals surface area contributed by atoms with Crippen molar-refractivity contribution < 1.29 is 19.1 Å². The van der Waals surface area contributed by atoms with Gasteiger partial charge in [0.1, 0.15) is 0 Å². The second kappa shape index (κ2) is 7.35. The van der Waals surface area contributed by atoms with Crippen molar-refractivity contribution in [1.29, 1.82) is 0 Å². The molecule has 0 unspecified atom stereocenters. The maximum absolute atomic E-state index is 12.7. The summed E-state index contributed by atoms with van der Waals surface area (Å²) in [6, 6.07) is 3.61. The molecule has 2 bridgehead atoms. The van der Waals surface area contributed by atoms with Crippen LogP contribution in [0.5, 0.6) is 11.5 Å². The zero-order valence-electron chi connectivity index (χ0n) is 16.1. The summed E-state index contributed by atoms with van der Waals surface area (Å²) in [4.78, 5) is 25.4. The lowest BCUT2D eigenvalue weighted by Gasteiger charge is -2.17. The molecule has 1 aromatic rings. The summed E-state index contributed by atoms with van der Waals surface area (Å²) < 4.78 is 12.1. The molecular formula is C21H23BrN2O4. The molecular weight excluding hydrogens is 424 g/mol. The standard InChI is InChI=1S/C21H23BrN2O4/c1-4-11(2)28-19-15(22)7-12(8-16(19)27-3)10-23-24-20(25)17-13-5-6-14(9-13)18(17)21(24)26/h5-8,10-11,13-14,17-18H,4,9H2,1-3H3/t11-,13-,14-,17-,18+/m0/s1. The molecule has 5 atom stereocenters. The summed E-state index contributed by atoms with van der Waals surface area (Å²) >= 11 is 3.51. The Hall–Kier alpha value is -2.15. The zero-order chi connectivity index (χ0) is 20.0. The van der Waals surface area contributed by atoms with Gasteiger partial charge in [0, 0.05) is 0 Å². The van der Waals surface area contributed by atoms with Crippen molar-refractivity contribution in [3.05, 3.63) is 34.3 Å². The molecule has 0 aromatic heterocycles. The number of halogens is 1. The first-order valence-corrected chi connectivity index (χ1v) is 10.4. The number of carbonyl (C=O) groups excluding carboxylic acids is 2. The molecule has 2 aliphatic carbocycles. The van der Waals surface area contributed by atoms with E-state index in [2.05, 4.69) is 33.2 Å². The van der Waals surface area contributed by atoms with Gasteiger partial charge in [0.05, 0.1) is 35.7 Å². The zero-order valence-corrected chi connectivity index (χ0v) is 17.7. The van der Waals surface area contributed by atoms with Gasteiger partial charge in [-0.25, -0.2) is 0 Å². The van der Waals surface area contributed by atoms with Crippen molar-refractivity contribution in [2.45, 2.75) is 32.8 Å². The number of hydrogen-bond donors (Lipinski definition) is 0. The summed E-state index contributed by atoms with van der Waals surface area (Å²) in [5, 5.41) is 5.27. The van der Waals surface area contributed by atoms with Crippen molar-refractivity contribution >= 4 is 34.0 Å². The van der Waals surface area contributed by atoms with Gasteiger partial charge in [0.25, 0.3) is 11.8 Å². The fourth-order valence-electron chi connectivity index (χ4n) is 4.34. The van der Waals surface area contributed by atoms with Gasteiger partial charge in [-0.1, -0.05) is 19.1 Å². The summed E-state index contributed by atoms with van der Waals surface area (Å²) in [5.41, 5.74) is 0.707. The number of hydrogen-bond acceptors (Lipinski definition) is 5. The van der Waals surface area contributed by atoms with E-state index in [-0.39, 0.29) is 41.6 Å². The Morgan fingerprint density at radius 3 is 2.46 bits per heavy atom. The number of imide groups is 1. The van der Waals surface area contributed by atoms with Crippen molar-refractivity contribution in [3.63, 3.8) is 0 Å². The average Bonchev–Trinajstić information content (AvgIpc) is 3.36. The molecule has 0 radical (unpaired) electrons. The Balaban J connectivity index is 1.56. The summed E-state index contributed by atoms with van der Waals surface area (Å²) in [6.45, 7) is 4.04. The van der Waals surface area contributed by atoms with Gasteiger partial charge in [-0.2, -0.15) is 10.1 Å². The molecule has 2 amide bonds. The fourth-order valence-corrected chi connectivity index (χ4v) is 4.89. The number of amides is 2. The smallest absolute Gasteiger partial charge is 0.254 e. The first kappa shape index (κ1) is 19.2. The Morgan fingerprint density at radius 1 is 1.25 bits per heavy atom. The molecule has 1 heterocycles. The third-order valence-corrected chi connectivity index (χ3v) is 6.50. The third-order valence-electron chi connectivity index (χ3n) is 5.92. The first-order valence-electron chi connectivity index (χ1n) is 9.58. The molecule has 0 N–H and O–H groups in total. The van der Waals surface area contributed by atoms with Crippen LogP contribution in [0.25, 0.3) is 0 Å². The molecule has 2 fully saturated rings. The van der Waals surface area contributed by atoms with Crippen LogP contribution in [0.2, 0.25) is 0 Å². The second-order valence-corrected chi connectivity index (χ2v) is 8.46. The van der Waals surface area contributed by atoms with E-state index in [0.717, 1.165) is 22.3 Å². The van der Waals surface area contributed by atoms with E-state index in [4.69, 9.17) is 9.47 Å². The van der Waals surface area contributed by atoms with Gasteiger partial charge in [0.2, 0.25) is 0 Å². The monoisotopic (exact) mass is 446 g/mol. The number of rotatable bonds is 6. The van der Waals surface area contributed by atoms with Gasteiger partial charge in [-0.15, -0.1) is 0 Å². The molecule has 1 aromatic carbocycles. The predicted octanol–water partition coefficient (Wildman–Crippen LogP) is 3.78. The molecule has 7 heteroatoms. The number of fused-ring (bicyclic) bond motifs is 5. The SMILES string of the molecule is CC[C@H](C)Oc1c(Br)cc(C=NN2C(=O)[C@@H]3[C@H](C2=O)[C@H]2C=C[C@H]3C2)cc1OC. The van der Waals surface area contributed by atoms with Crippen LogP contribution >= 0.6 is 15.9 Å². The lowest BCUT2D eigenvalue weighted by molar-refractivity contribution is -0.140. The maximum Gasteiger partial charge on any atom is 0.254 e. The molecule has 1 saturated heterocycles. The van der Waals surface area contributed by atoms with E-state index in [0.29, 0.717) is 17.1 Å². The summed E-state index contributed by atoms with van der Waals surface area (Å²) in [5.74, 6) is 0.681. The van der Waals surface area contributed by atoms with E-state index < -0.39 is 0 Å². The number of nitrogens with zero attached hydrogens (tertiary/aromatic N) is 2. The lowest BCUT2D eigenvalue weighted by atomic mass is 9.85. The quantitative estimate of drug-likeness (QED) is 0.378. The van der Waals surface area contributed by atoms with Crippen LogP contribution in [0.15, 0.2) is 33.9 Å². The van der Waals surface area contributed by atoms with Crippen LogP contribution in [0.1, 0.15) is 32.3 Å². The first-order chi connectivity index (χ1) is 13.4. The van der Waals surface area contributed by atoms with Crippen molar-refractivity contribution in [2.75, 3.05) is 7.11 Å². The van der Waals surface area contributed by atoms with E-state index in [9.17, 15) is 9.59 Å². The molecule has 28 heavy (non-hydrogen) atoms. The van der Waals surface area contributed by atoms with Crippen LogP contribution in [0.4, 0.5) is 0 Å². The minimum atomic E-state index is -0.243. The van der Waals surface area contributed by atoms with Gasteiger partial charge in [0.15, 0.2) is 11.5 Å². The topological polar surface area (TPSA) is 68.2 Å². The second-order valence-electron chi connectivity index (χ2n) is 7.60. The molecule has 148 valence electrons. The average molecular weight is 447 g/mol. The van der Waals surface area contributed by atoms with Crippen LogP contribution in [-0.2, 0) is 9.59 Å². The van der Waals surface area contributed by atoms with Gasteiger partial charge in [-0.3, -0.25) is 9.59 Å². The molecule has 0 spiro atoms. The van der Waals surface area contributed by atoms with E-state index in [1.54, 1.807) is 13.2 Å². The van der Waals surface area contributed by atoms with Crippen molar-refractivity contribution in [2.24, 2.45) is 28.8 Å². The molecule has 4 rings (SSSR count). The Kier molecular flexibility index (Phi) is 5.04. The van der Waals surface area contributed by atoms with Crippen LogP contribution in [-0.4, -0.2) is 36.3 Å². The highest BCUT2D eigenvalue weighted by atomic mass is 79.9. The van der Waals surface area contributed by atoms with Gasteiger partial charge in [-0.05, 0) is 65.2 Å². The number of allylic oxidation sites excluding steroid dienone is 2. The molecule has 3 aliphatic rings. The van der Waals surface area contributed by atoms with Crippen molar-refractivity contribution in [3.8, 4) is 11.5 Å². The highest BCUT2D eigenvalue weighted by Gasteiger charge is 2.59. The number of carbonyl (C=O) groups is 2. The Labute approximate surface area is 172 Å². The minimum Gasteiger partial charge on any atom is -0.493 e. The van der Waals surface area contributed by atoms with Crippen molar-refractivity contribution in [1.82, 2.24) is 5.01 Å². The summed E-state index contributed by atoms with van der Waals surface area (Å²) in [7, 11) is 1.57. The highest BCUT2D eigenvalue weighted by molar-refractivity contribution is 9.10. The van der Waals surface area contributed by atoms with E-state index >= 15 is 0 Å². The Morgan fingerprint density at radius 2 is 1.89 bits per heavy atom. The molecule has 1 aliphatic heterocycles. The van der Waals surface area contributed by atoms with E-state index in [1.807, 2.05) is 19.9 Å². The number of ether oxygens (including phenoxy) is 2. The normalized spacial score (nSPS) is 29.1. The largest absolute Gasteiger partial charge is 0.493 e. The van der Waals surface area contributed by atoms with Crippen LogP contribution in [0, 0.1) is 23.7 Å². The van der Waals surface area contributed by atoms with Crippen LogP contribution < -0.4 is 9.47 Å². The van der Waals surface area contributed by atoms with Gasteiger partial charge < -0.3 is 9.47 Å². The number of methoxy groups -OCH3 is 1. The van der Waals surface area contributed by atoms with Crippen LogP contribution in [0.3, 0.4) is 0 Å². The lowest BCUT2D eigenvalue weighted by Crippen LogP contribution is -2.28.